The average molecular weight is 234 g/mol. The van der Waals surface area contributed by atoms with Gasteiger partial charge in [-0.05, 0) is 18.4 Å². The van der Waals surface area contributed by atoms with Gasteiger partial charge in [-0.3, -0.25) is 4.79 Å². The first kappa shape index (κ1) is 13.6. The maximum Gasteiger partial charge on any atom is 0.139 e. The van der Waals surface area contributed by atoms with Gasteiger partial charge < -0.3 is 9.53 Å². The highest BCUT2D eigenvalue weighted by molar-refractivity contribution is 5.89. The van der Waals surface area contributed by atoms with Gasteiger partial charge in [0.1, 0.15) is 12.1 Å². The quantitative estimate of drug-likeness (QED) is 0.374. The van der Waals surface area contributed by atoms with Gasteiger partial charge in [0.2, 0.25) is 0 Å². The molecule has 17 heavy (non-hydrogen) atoms. The Morgan fingerprint density at radius 2 is 1.94 bits per heavy atom. The number of hydrogen-bond acceptors (Lipinski definition) is 3. The zero-order chi connectivity index (χ0) is 12.3. The molecule has 0 amide bonds. The summed E-state index contributed by atoms with van der Waals surface area (Å²) < 4.78 is 5.48. The molecule has 0 aliphatic carbocycles. The second-order valence-corrected chi connectivity index (χ2v) is 3.90. The van der Waals surface area contributed by atoms with Crippen molar-refractivity contribution < 1.29 is 14.3 Å². The Hall–Kier alpha value is -1.48. The van der Waals surface area contributed by atoms with Crippen LogP contribution in [0.3, 0.4) is 0 Å². The van der Waals surface area contributed by atoms with Gasteiger partial charge in [-0.25, -0.2) is 0 Å². The largest absolute Gasteiger partial charge is 0.377 e. The summed E-state index contributed by atoms with van der Waals surface area (Å²) in [6.07, 6.45) is 2.84. The Balaban J connectivity index is 1.98. The molecule has 3 heteroatoms. The highest BCUT2D eigenvalue weighted by atomic mass is 16.5. The minimum atomic E-state index is 0.0167. The zero-order valence-corrected chi connectivity index (χ0v) is 9.93. The molecule has 1 aromatic rings. The number of aldehydes is 1. The number of carbonyl (C=O) groups excluding carboxylic acids is 2. The monoisotopic (exact) mass is 234 g/mol. The lowest BCUT2D eigenvalue weighted by atomic mass is 10.1. The third kappa shape index (κ3) is 6.64. The molecule has 0 aromatic heterocycles. The first-order chi connectivity index (χ1) is 8.33. The molecule has 0 heterocycles. The van der Waals surface area contributed by atoms with Crippen LogP contribution in [0.25, 0.3) is 0 Å². The Bertz CT molecular complexity index is 333. The number of ether oxygens (including phenoxy) is 1. The molecule has 0 saturated heterocycles. The van der Waals surface area contributed by atoms with Crippen molar-refractivity contribution in [2.45, 2.75) is 32.3 Å². The lowest BCUT2D eigenvalue weighted by Gasteiger charge is -2.03. The third-order valence-corrected chi connectivity index (χ3v) is 2.42. The fourth-order valence-electron chi connectivity index (χ4n) is 1.49. The molecule has 0 atom stereocenters. The number of rotatable bonds is 9. The summed E-state index contributed by atoms with van der Waals surface area (Å²) in [5.74, 6) is 0.0167. The first-order valence-corrected chi connectivity index (χ1v) is 5.90. The van der Waals surface area contributed by atoms with E-state index in [1.54, 1.807) is 0 Å². The van der Waals surface area contributed by atoms with E-state index in [1.165, 1.54) is 0 Å². The van der Waals surface area contributed by atoms with E-state index in [1.807, 2.05) is 30.3 Å². The van der Waals surface area contributed by atoms with Crippen LogP contribution in [0.15, 0.2) is 30.3 Å². The van der Waals surface area contributed by atoms with Gasteiger partial charge >= 0.3 is 0 Å². The summed E-state index contributed by atoms with van der Waals surface area (Å²) in [6.45, 7) is 1.27. The summed E-state index contributed by atoms with van der Waals surface area (Å²) in [5, 5.41) is 0. The van der Waals surface area contributed by atoms with Gasteiger partial charge in [0.05, 0.1) is 13.0 Å². The van der Waals surface area contributed by atoms with Crippen molar-refractivity contribution in [2.75, 3.05) is 6.61 Å². The normalized spacial score (nSPS) is 10.1. The number of unbranched alkanes of at least 4 members (excludes halogenated alkanes) is 1. The number of carbonyl (C=O) groups is 2. The summed E-state index contributed by atoms with van der Waals surface area (Å²) in [4.78, 5) is 21.1. The minimum Gasteiger partial charge on any atom is -0.377 e. The maximum atomic E-state index is 11.0. The standard InChI is InChI=1S/C14H18O3/c15-10-9-14(16)8-4-5-11-17-12-13-6-2-1-3-7-13/h1-3,6-7,10H,4-5,8-9,11-12H2. The van der Waals surface area contributed by atoms with Crippen LogP contribution in [-0.2, 0) is 20.9 Å². The number of hydrogen-bond donors (Lipinski definition) is 0. The molecular weight excluding hydrogens is 216 g/mol. The Labute approximate surface area is 102 Å². The van der Waals surface area contributed by atoms with E-state index in [2.05, 4.69) is 0 Å². The second-order valence-electron chi connectivity index (χ2n) is 3.90. The van der Waals surface area contributed by atoms with Gasteiger partial charge in [0.25, 0.3) is 0 Å². The van der Waals surface area contributed by atoms with Gasteiger partial charge in [-0.2, -0.15) is 0 Å². The zero-order valence-electron chi connectivity index (χ0n) is 9.93. The summed E-state index contributed by atoms with van der Waals surface area (Å²) in [7, 11) is 0. The molecule has 0 N–H and O–H groups in total. The molecule has 0 aliphatic rings. The van der Waals surface area contributed by atoms with Crippen LogP contribution in [0, 0.1) is 0 Å². The van der Waals surface area contributed by atoms with Crippen molar-refractivity contribution in [1.29, 1.82) is 0 Å². The van der Waals surface area contributed by atoms with Crippen molar-refractivity contribution in [3.05, 3.63) is 35.9 Å². The summed E-state index contributed by atoms with van der Waals surface area (Å²) >= 11 is 0. The van der Waals surface area contributed by atoms with Gasteiger partial charge in [0, 0.05) is 13.0 Å². The maximum absolute atomic E-state index is 11.0. The molecular formula is C14H18O3. The Morgan fingerprint density at radius 1 is 1.18 bits per heavy atom. The predicted octanol–water partition coefficient (Wildman–Crippen LogP) is 2.53. The van der Waals surface area contributed by atoms with Gasteiger partial charge in [0.15, 0.2) is 0 Å². The molecule has 0 radical (unpaired) electrons. The molecule has 0 spiro atoms. The molecule has 0 fully saturated rings. The fourth-order valence-corrected chi connectivity index (χ4v) is 1.49. The van der Waals surface area contributed by atoms with Crippen LogP contribution in [0.2, 0.25) is 0 Å². The third-order valence-electron chi connectivity index (χ3n) is 2.42. The summed E-state index contributed by atoms with van der Waals surface area (Å²) in [6, 6.07) is 9.98. The van der Waals surface area contributed by atoms with Crippen molar-refractivity contribution in [1.82, 2.24) is 0 Å². The second kappa shape index (κ2) is 8.65. The van der Waals surface area contributed by atoms with Crippen molar-refractivity contribution in [2.24, 2.45) is 0 Å². The average Bonchev–Trinajstić information content (AvgIpc) is 2.35. The minimum absolute atomic E-state index is 0.0167. The number of benzene rings is 1. The SMILES string of the molecule is O=CCC(=O)CCCCOCc1ccccc1. The summed E-state index contributed by atoms with van der Waals surface area (Å²) in [5.41, 5.74) is 1.16. The van der Waals surface area contributed by atoms with E-state index in [-0.39, 0.29) is 12.2 Å². The molecule has 1 rings (SSSR count). The van der Waals surface area contributed by atoms with Crippen LogP contribution in [-0.4, -0.2) is 18.7 Å². The van der Waals surface area contributed by atoms with Crippen molar-refractivity contribution in [3.8, 4) is 0 Å². The lowest BCUT2D eigenvalue weighted by molar-refractivity contribution is -0.122. The van der Waals surface area contributed by atoms with Crippen molar-refractivity contribution >= 4 is 12.1 Å². The van der Waals surface area contributed by atoms with Gasteiger partial charge in [-0.15, -0.1) is 0 Å². The first-order valence-electron chi connectivity index (χ1n) is 5.90. The fraction of sp³-hybridized carbons (Fsp3) is 0.429. The van der Waals surface area contributed by atoms with Crippen LogP contribution < -0.4 is 0 Å². The topological polar surface area (TPSA) is 43.4 Å². The highest BCUT2D eigenvalue weighted by Gasteiger charge is 2.00. The predicted molar refractivity (Wildman–Crippen MR) is 65.6 cm³/mol. The van der Waals surface area contributed by atoms with E-state index in [0.717, 1.165) is 18.4 Å². The van der Waals surface area contributed by atoms with Crippen molar-refractivity contribution in [3.63, 3.8) is 0 Å². The molecule has 1 aromatic carbocycles. The lowest BCUT2D eigenvalue weighted by Crippen LogP contribution is -2.00. The molecule has 3 nitrogen and oxygen atoms in total. The molecule has 0 saturated carbocycles. The van der Waals surface area contributed by atoms with E-state index in [4.69, 9.17) is 4.74 Å². The van der Waals surface area contributed by atoms with Crippen LogP contribution in [0.5, 0.6) is 0 Å². The molecule has 0 bridgehead atoms. The van der Waals surface area contributed by atoms with E-state index >= 15 is 0 Å². The molecule has 92 valence electrons. The number of ketones is 1. The molecule has 0 aliphatic heterocycles. The highest BCUT2D eigenvalue weighted by Crippen LogP contribution is 2.03. The Kier molecular flexibility index (Phi) is 6.91. The van der Waals surface area contributed by atoms with E-state index < -0.39 is 0 Å². The smallest absolute Gasteiger partial charge is 0.139 e. The van der Waals surface area contributed by atoms with E-state index in [0.29, 0.717) is 25.9 Å². The van der Waals surface area contributed by atoms with Gasteiger partial charge in [-0.1, -0.05) is 30.3 Å². The van der Waals surface area contributed by atoms with E-state index in [9.17, 15) is 9.59 Å². The molecule has 0 unspecified atom stereocenters. The number of Topliss-reactive ketones (excluding diaryl/α,β-unsaturated/α-hetero) is 1. The van der Waals surface area contributed by atoms with Crippen LogP contribution in [0.1, 0.15) is 31.2 Å². The van der Waals surface area contributed by atoms with Crippen LogP contribution in [0.4, 0.5) is 0 Å². The Morgan fingerprint density at radius 3 is 2.65 bits per heavy atom. The van der Waals surface area contributed by atoms with Crippen LogP contribution >= 0.6 is 0 Å².